The Labute approximate surface area is 183 Å². The van der Waals surface area contributed by atoms with Gasteiger partial charge in [0.15, 0.2) is 27.8 Å². The monoisotopic (exact) mass is 438 g/mol. The zero-order chi connectivity index (χ0) is 21.8. The molecule has 2 aromatic carbocycles. The standard InChI is InChI=1S/C23H22N2O5S/c1-4-9-25-16-13-19-20(30-11-10-29-19)14-21(16)31-23(25)24-22(26)8-6-15-5-7-17(27-2)18(12-15)28-3/h4-8,12-14H,1,9-11H2,2-3H3/b8-6-,24-23?. The average Bonchev–Trinajstić information content (AvgIpc) is 3.11. The van der Waals surface area contributed by atoms with Crippen molar-refractivity contribution in [2.24, 2.45) is 4.99 Å². The molecule has 4 rings (SSSR count). The highest BCUT2D eigenvalue weighted by molar-refractivity contribution is 7.16. The first-order chi connectivity index (χ1) is 15.1. The van der Waals surface area contributed by atoms with E-state index in [4.69, 9.17) is 18.9 Å². The van der Waals surface area contributed by atoms with E-state index in [1.54, 1.807) is 38.5 Å². The number of aromatic nitrogens is 1. The Bertz CT molecular complexity index is 1240. The summed E-state index contributed by atoms with van der Waals surface area (Å²) < 4.78 is 24.8. The maximum Gasteiger partial charge on any atom is 0.272 e. The van der Waals surface area contributed by atoms with Crippen LogP contribution in [0.5, 0.6) is 23.0 Å². The van der Waals surface area contributed by atoms with Crippen molar-refractivity contribution in [1.29, 1.82) is 0 Å². The number of ether oxygens (including phenoxy) is 4. The van der Waals surface area contributed by atoms with Crippen LogP contribution in [0, 0.1) is 0 Å². The third-order valence-corrected chi connectivity index (χ3v) is 5.73. The number of hydrogen-bond donors (Lipinski definition) is 0. The summed E-state index contributed by atoms with van der Waals surface area (Å²) in [6.07, 6.45) is 4.90. The van der Waals surface area contributed by atoms with E-state index in [9.17, 15) is 4.79 Å². The van der Waals surface area contributed by atoms with Crippen molar-refractivity contribution in [3.63, 3.8) is 0 Å². The second-order valence-electron chi connectivity index (χ2n) is 6.65. The molecule has 160 valence electrons. The van der Waals surface area contributed by atoms with Gasteiger partial charge in [-0.2, -0.15) is 4.99 Å². The minimum atomic E-state index is -0.364. The smallest absolute Gasteiger partial charge is 0.272 e. The molecule has 1 aromatic heterocycles. The number of hydrogen-bond acceptors (Lipinski definition) is 6. The molecule has 8 heteroatoms. The number of methoxy groups -OCH3 is 2. The van der Waals surface area contributed by atoms with Crippen LogP contribution in [0.3, 0.4) is 0 Å². The Morgan fingerprint density at radius 2 is 1.90 bits per heavy atom. The number of nitrogens with zero attached hydrogens (tertiary/aromatic N) is 2. The van der Waals surface area contributed by atoms with Crippen molar-refractivity contribution in [2.45, 2.75) is 6.54 Å². The van der Waals surface area contributed by atoms with E-state index in [0.717, 1.165) is 15.8 Å². The van der Waals surface area contributed by atoms with Gasteiger partial charge in [0.1, 0.15) is 13.2 Å². The highest BCUT2D eigenvalue weighted by Crippen LogP contribution is 2.35. The lowest BCUT2D eigenvalue weighted by Gasteiger charge is -2.18. The molecule has 1 aliphatic rings. The van der Waals surface area contributed by atoms with Gasteiger partial charge in [0.2, 0.25) is 0 Å². The number of amides is 1. The van der Waals surface area contributed by atoms with Crippen molar-refractivity contribution in [1.82, 2.24) is 4.57 Å². The minimum Gasteiger partial charge on any atom is -0.493 e. The van der Waals surface area contributed by atoms with Gasteiger partial charge in [-0.3, -0.25) is 4.79 Å². The molecule has 7 nitrogen and oxygen atoms in total. The molecule has 0 aliphatic carbocycles. The summed E-state index contributed by atoms with van der Waals surface area (Å²) in [5.41, 5.74) is 1.73. The Kier molecular flexibility index (Phi) is 6.08. The summed E-state index contributed by atoms with van der Waals surface area (Å²) in [6.45, 7) is 5.38. The van der Waals surface area contributed by atoms with Crippen LogP contribution in [0.15, 0.2) is 54.1 Å². The topological polar surface area (TPSA) is 71.3 Å². The third kappa shape index (κ3) is 4.34. The maximum atomic E-state index is 12.6. The number of carbonyl (C=O) groups excluding carboxylic acids is 1. The molecule has 0 radical (unpaired) electrons. The molecule has 3 aromatic rings. The van der Waals surface area contributed by atoms with Crippen LogP contribution in [0.4, 0.5) is 0 Å². The third-order valence-electron chi connectivity index (χ3n) is 4.69. The summed E-state index contributed by atoms with van der Waals surface area (Å²) in [5, 5.41) is 0. The molecule has 0 bridgehead atoms. The van der Waals surface area contributed by atoms with E-state index in [1.165, 1.54) is 17.4 Å². The fourth-order valence-corrected chi connectivity index (χ4v) is 4.31. The van der Waals surface area contributed by atoms with Crippen LogP contribution >= 0.6 is 11.3 Å². The van der Waals surface area contributed by atoms with Gasteiger partial charge in [-0.25, -0.2) is 0 Å². The van der Waals surface area contributed by atoms with Crippen LogP contribution in [0.2, 0.25) is 0 Å². The Morgan fingerprint density at radius 1 is 1.16 bits per heavy atom. The van der Waals surface area contributed by atoms with Crippen LogP contribution in [0.1, 0.15) is 5.56 Å². The Balaban J connectivity index is 1.67. The quantitative estimate of drug-likeness (QED) is 0.432. The summed E-state index contributed by atoms with van der Waals surface area (Å²) in [6, 6.07) is 9.28. The van der Waals surface area contributed by atoms with Crippen LogP contribution in [-0.4, -0.2) is 37.9 Å². The molecule has 31 heavy (non-hydrogen) atoms. The van der Waals surface area contributed by atoms with Gasteiger partial charge in [-0.1, -0.05) is 23.5 Å². The summed E-state index contributed by atoms with van der Waals surface area (Å²) in [5.74, 6) is 2.26. The maximum absolute atomic E-state index is 12.6. The van der Waals surface area contributed by atoms with Crippen molar-refractivity contribution in [2.75, 3.05) is 27.4 Å². The number of fused-ring (bicyclic) bond motifs is 2. The Morgan fingerprint density at radius 3 is 2.61 bits per heavy atom. The highest BCUT2D eigenvalue weighted by atomic mass is 32.1. The van der Waals surface area contributed by atoms with E-state index in [1.807, 2.05) is 22.8 Å². The summed E-state index contributed by atoms with van der Waals surface area (Å²) in [4.78, 5) is 17.4. The fourth-order valence-electron chi connectivity index (χ4n) is 3.25. The molecule has 0 saturated carbocycles. The van der Waals surface area contributed by atoms with Crippen LogP contribution < -0.4 is 23.7 Å². The molecule has 0 saturated heterocycles. The predicted octanol–water partition coefficient (Wildman–Crippen LogP) is 3.82. The molecule has 1 aliphatic heterocycles. The molecular weight excluding hydrogens is 416 g/mol. The second-order valence-corrected chi connectivity index (χ2v) is 7.65. The van der Waals surface area contributed by atoms with E-state index in [2.05, 4.69) is 11.6 Å². The number of allylic oxidation sites excluding steroid dienone is 1. The van der Waals surface area contributed by atoms with E-state index in [-0.39, 0.29) is 5.91 Å². The van der Waals surface area contributed by atoms with Crippen LogP contribution in [0.25, 0.3) is 16.3 Å². The molecule has 0 unspecified atom stereocenters. The SMILES string of the molecule is C=CCn1c(=NC(=O)/C=C\c2ccc(OC)c(OC)c2)sc2cc3c(cc21)OCCO3. The van der Waals surface area contributed by atoms with Crippen molar-refractivity contribution < 1.29 is 23.7 Å². The van der Waals surface area contributed by atoms with E-state index >= 15 is 0 Å². The fraction of sp³-hybridized carbons (Fsp3) is 0.217. The molecule has 1 amide bonds. The first-order valence-corrected chi connectivity index (χ1v) is 10.5. The van der Waals surface area contributed by atoms with Gasteiger partial charge < -0.3 is 23.5 Å². The predicted molar refractivity (Wildman–Crippen MR) is 120 cm³/mol. The Hall–Kier alpha value is -3.52. The number of carbonyl (C=O) groups is 1. The first kappa shape index (κ1) is 20.7. The normalized spacial score (nSPS) is 13.5. The van der Waals surface area contributed by atoms with Crippen molar-refractivity contribution in [3.05, 3.63) is 59.4 Å². The second kappa shape index (κ2) is 9.09. The largest absolute Gasteiger partial charge is 0.493 e. The minimum absolute atomic E-state index is 0.364. The lowest BCUT2D eigenvalue weighted by Crippen LogP contribution is -2.17. The lowest BCUT2D eigenvalue weighted by atomic mass is 10.2. The number of benzene rings is 2. The van der Waals surface area contributed by atoms with Gasteiger partial charge in [-0.05, 0) is 23.8 Å². The van der Waals surface area contributed by atoms with Crippen molar-refractivity contribution in [3.8, 4) is 23.0 Å². The summed E-state index contributed by atoms with van der Waals surface area (Å²) >= 11 is 1.42. The van der Waals surface area contributed by atoms with Gasteiger partial charge >= 0.3 is 0 Å². The molecule has 0 fully saturated rings. The average molecular weight is 439 g/mol. The molecule has 0 spiro atoms. The first-order valence-electron chi connectivity index (χ1n) is 9.65. The molecule has 2 heterocycles. The molecule has 0 atom stereocenters. The van der Waals surface area contributed by atoms with Gasteiger partial charge in [0.25, 0.3) is 5.91 Å². The highest BCUT2D eigenvalue weighted by Gasteiger charge is 2.16. The van der Waals surface area contributed by atoms with Gasteiger partial charge in [0.05, 0.1) is 24.4 Å². The summed E-state index contributed by atoms with van der Waals surface area (Å²) in [7, 11) is 3.15. The van der Waals surface area contributed by atoms with Crippen LogP contribution in [-0.2, 0) is 11.3 Å². The number of thiazole rings is 1. The van der Waals surface area contributed by atoms with Gasteiger partial charge in [0, 0.05) is 24.8 Å². The van der Waals surface area contributed by atoms with Gasteiger partial charge in [-0.15, -0.1) is 6.58 Å². The zero-order valence-electron chi connectivity index (χ0n) is 17.3. The zero-order valence-corrected chi connectivity index (χ0v) is 18.1. The lowest BCUT2D eigenvalue weighted by molar-refractivity contribution is -0.113. The van der Waals surface area contributed by atoms with E-state index in [0.29, 0.717) is 47.6 Å². The van der Waals surface area contributed by atoms with Crippen molar-refractivity contribution >= 4 is 33.5 Å². The molecule has 0 N–H and O–H groups in total. The molecular formula is C23H22N2O5S. The number of rotatable bonds is 6. The van der Waals surface area contributed by atoms with E-state index < -0.39 is 0 Å².